The van der Waals surface area contributed by atoms with Gasteiger partial charge in [-0.3, -0.25) is 0 Å². The summed E-state index contributed by atoms with van der Waals surface area (Å²) in [4.78, 5) is 22.0. The predicted molar refractivity (Wildman–Crippen MR) is 60.6 cm³/mol. The third kappa shape index (κ3) is 3.29. The molecule has 17 heavy (non-hydrogen) atoms. The molecule has 0 spiro atoms. The lowest BCUT2D eigenvalue weighted by atomic mass is 9.99. The van der Waals surface area contributed by atoms with Gasteiger partial charge in [-0.1, -0.05) is 12.1 Å². The van der Waals surface area contributed by atoms with Crippen molar-refractivity contribution in [1.82, 2.24) is 0 Å². The van der Waals surface area contributed by atoms with E-state index in [0.29, 0.717) is 25.2 Å². The maximum Gasteiger partial charge on any atom is 0.336 e. The van der Waals surface area contributed by atoms with Crippen molar-refractivity contribution < 1.29 is 24.5 Å². The number of aromatic carboxylic acids is 2. The first-order chi connectivity index (χ1) is 8.07. The number of carbonyl (C=O) groups is 2. The van der Waals surface area contributed by atoms with E-state index >= 15 is 0 Å². The van der Waals surface area contributed by atoms with Crippen LogP contribution < -0.4 is 0 Å². The fourth-order valence-corrected chi connectivity index (χ4v) is 1.57. The Morgan fingerprint density at radius 3 is 2.47 bits per heavy atom. The van der Waals surface area contributed by atoms with Crippen LogP contribution in [0.3, 0.4) is 0 Å². The Bertz CT molecular complexity index is 425. The smallest absolute Gasteiger partial charge is 0.336 e. The molecule has 0 heterocycles. The highest BCUT2D eigenvalue weighted by molar-refractivity contribution is 6.02. The number of hydrogen-bond donors (Lipinski definition) is 2. The van der Waals surface area contributed by atoms with Gasteiger partial charge in [-0.25, -0.2) is 9.59 Å². The molecule has 0 radical (unpaired) electrons. The van der Waals surface area contributed by atoms with Gasteiger partial charge in [0, 0.05) is 6.61 Å². The minimum atomic E-state index is -1.24. The van der Waals surface area contributed by atoms with Crippen molar-refractivity contribution >= 4 is 11.9 Å². The van der Waals surface area contributed by atoms with Gasteiger partial charge >= 0.3 is 11.9 Å². The van der Waals surface area contributed by atoms with Gasteiger partial charge in [-0.15, -0.1) is 0 Å². The first-order valence-electron chi connectivity index (χ1n) is 5.24. The molecule has 0 saturated carbocycles. The van der Waals surface area contributed by atoms with Crippen molar-refractivity contribution in [3.8, 4) is 0 Å². The molecule has 2 N–H and O–H groups in total. The average Bonchev–Trinajstić information content (AvgIpc) is 2.28. The Hall–Kier alpha value is -1.88. The molecule has 1 aromatic carbocycles. The Labute approximate surface area is 98.6 Å². The molecule has 5 heteroatoms. The second-order valence-electron chi connectivity index (χ2n) is 3.40. The fourth-order valence-electron chi connectivity index (χ4n) is 1.57. The van der Waals surface area contributed by atoms with Crippen LogP contribution in [0.4, 0.5) is 0 Å². The van der Waals surface area contributed by atoms with Gasteiger partial charge in [0.25, 0.3) is 0 Å². The van der Waals surface area contributed by atoms with Gasteiger partial charge in [0.1, 0.15) is 0 Å². The number of ether oxygens (including phenoxy) is 1. The van der Waals surface area contributed by atoms with E-state index in [0.717, 1.165) is 0 Å². The van der Waals surface area contributed by atoms with Crippen LogP contribution in [-0.4, -0.2) is 35.4 Å². The van der Waals surface area contributed by atoms with Crippen LogP contribution in [0, 0.1) is 0 Å². The molecular formula is C12H14O5. The van der Waals surface area contributed by atoms with E-state index in [2.05, 4.69) is 0 Å². The summed E-state index contributed by atoms with van der Waals surface area (Å²) in [5, 5.41) is 18.0. The average molecular weight is 238 g/mol. The molecule has 0 atom stereocenters. The zero-order chi connectivity index (χ0) is 12.8. The molecule has 0 aliphatic heterocycles. The summed E-state index contributed by atoms with van der Waals surface area (Å²) in [5.74, 6) is -2.46. The first kappa shape index (κ1) is 13.2. The molecule has 0 saturated heterocycles. The van der Waals surface area contributed by atoms with Gasteiger partial charge in [0.2, 0.25) is 0 Å². The number of carboxylic acid groups (broad SMARTS) is 2. The van der Waals surface area contributed by atoms with E-state index in [9.17, 15) is 9.59 Å². The molecule has 92 valence electrons. The van der Waals surface area contributed by atoms with Gasteiger partial charge in [-0.2, -0.15) is 0 Å². The largest absolute Gasteiger partial charge is 0.478 e. The number of hydrogen-bond acceptors (Lipinski definition) is 3. The minimum Gasteiger partial charge on any atom is -0.478 e. The van der Waals surface area contributed by atoms with Gasteiger partial charge in [0.05, 0.1) is 17.7 Å². The van der Waals surface area contributed by atoms with Crippen molar-refractivity contribution in [3.63, 3.8) is 0 Å². The van der Waals surface area contributed by atoms with E-state index in [1.807, 2.05) is 6.92 Å². The second kappa shape index (κ2) is 6.00. The quantitative estimate of drug-likeness (QED) is 0.736. The van der Waals surface area contributed by atoms with E-state index in [1.165, 1.54) is 12.1 Å². The normalized spacial score (nSPS) is 10.2. The molecule has 1 rings (SSSR count). The Morgan fingerprint density at radius 2 is 1.94 bits per heavy atom. The van der Waals surface area contributed by atoms with E-state index in [1.54, 1.807) is 6.07 Å². The van der Waals surface area contributed by atoms with Crippen molar-refractivity contribution in [2.45, 2.75) is 13.3 Å². The van der Waals surface area contributed by atoms with E-state index < -0.39 is 11.9 Å². The molecule has 0 bridgehead atoms. The standard InChI is InChI=1S/C12H14O5/c1-2-17-7-6-8-4-3-5-9(11(13)14)10(8)12(15)16/h3-5H,2,6-7H2,1H3,(H,13,14)(H,15,16). The molecule has 0 aliphatic carbocycles. The Balaban J connectivity index is 3.07. The van der Waals surface area contributed by atoms with Crippen LogP contribution in [0.2, 0.25) is 0 Å². The Kier molecular flexibility index (Phi) is 4.66. The molecule has 0 aromatic heterocycles. The molecule has 0 aliphatic rings. The van der Waals surface area contributed by atoms with Crippen molar-refractivity contribution in [2.75, 3.05) is 13.2 Å². The minimum absolute atomic E-state index is 0.153. The lowest BCUT2D eigenvalue weighted by molar-refractivity contribution is 0.0649. The summed E-state index contributed by atoms with van der Waals surface area (Å²) in [6.45, 7) is 2.76. The summed E-state index contributed by atoms with van der Waals surface area (Å²) in [6, 6.07) is 4.43. The van der Waals surface area contributed by atoms with Crippen LogP contribution >= 0.6 is 0 Å². The third-order valence-electron chi connectivity index (χ3n) is 2.31. The first-order valence-corrected chi connectivity index (χ1v) is 5.24. The van der Waals surface area contributed by atoms with Gasteiger partial charge in [0.15, 0.2) is 0 Å². The van der Waals surface area contributed by atoms with Crippen molar-refractivity contribution in [1.29, 1.82) is 0 Å². The maximum absolute atomic E-state index is 11.1. The SMILES string of the molecule is CCOCCc1cccc(C(=O)O)c1C(=O)O. The third-order valence-corrected chi connectivity index (χ3v) is 2.31. The summed E-state index contributed by atoms with van der Waals surface area (Å²) in [7, 11) is 0. The van der Waals surface area contributed by atoms with Crippen LogP contribution in [0.25, 0.3) is 0 Å². The Morgan fingerprint density at radius 1 is 1.24 bits per heavy atom. The van der Waals surface area contributed by atoms with Crippen LogP contribution in [0.15, 0.2) is 18.2 Å². The topological polar surface area (TPSA) is 83.8 Å². The maximum atomic E-state index is 11.1. The molecule has 0 unspecified atom stereocenters. The number of rotatable bonds is 6. The predicted octanol–water partition coefficient (Wildman–Crippen LogP) is 1.66. The summed E-state index contributed by atoms with van der Waals surface area (Å²) in [6.07, 6.45) is 0.386. The summed E-state index contributed by atoms with van der Waals surface area (Å²) in [5.41, 5.74) is 0.136. The summed E-state index contributed by atoms with van der Waals surface area (Å²) < 4.78 is 5.13. The highest BCUT2D eigenvalue weighted by atomic mass is 16.5. The highest BCUT2D eigenvalue weighted by Gasteiger charge is 2.19. The summed E-state index contributed by atoms with van der Waals surface area (Å²) >= 11 is 0. The lowest BCUT2D eigenvalue weighted by Crippen LogP contribution is -2.12. The molecule has 0 amide bonds. The van der Waals surface area contributed by atoms with Crippen LogP contribution in [0.5, 0.6) is 0 Å². The van der Waals surface area contributed by atoms with Crippen molar-refractivity contribution in [3.05, 3.63) is 34.9 Å². The van der Waals surface area contributed by atoms with Crippen LogP contribution in [0.1, 0.15) is 33.2 Å². The molecule has 0 fully saturated rings. The second-order valence-corrected chi connectivity index (χ2v) is 3.40. The van der Waals surface area contributed by atoms with Gasteiger partial charge in [-0.05, 0) is 25.0 Å². The zero-order valence-electron chi connectivity index (χ0n) is 9.47. The van der Waals surface area contributed by atoms with E-state index in [-0.39, 0.29) is 11.1 Å². The lowest BCUT2D eigenvalue weighted by Gasteiger charge is -2.08. The molecule has 5 nitrogen and oxygen atoms in total. The number of benzene rings is 1. The highest BCUT2D eigenvalue weighted by Crippen LogP contribution is 2.16. The van der Waals surface area contributed by atoms with Crippen LogP contribution in [-0.2, 0) is 11.2 Å². The monoisotopic (exact) mass is 238 g/mol. The molecular weight excluding hydrogens is 224 g/mol. The number of carboxylic acids is 2. The van der Waals surface area contributed by atoms with Crippen molar-refractivity contribution in [2.24, 2.45) is 0 Å². The molecule has 1 aromatic rings. The fraction of sp³-hybridized carbons (Fsp3) is 0.333. The van der Waals surface area contributed by atoms with E-state index in [4.69, 9.17) is 14.9 Å². The zero-order valence-corrected chi connectivity index (χ0v) is 9.47. The van der Waals surface area contributed by atoms with Gasteiger partial charge < -0.3 is 14.9 Å².